The second-order valence-electron chi connectivity index (χ2n) is 5.72. The van der Waals surface area contributed by atoms with Crippen molar-refractivity contribution in [3.63, 3.8) is 0 Å². The van der Waals surface area contributed by atoms with Crippen molar-refractivity contribution in [2.75, 3.05) is 13.1 Å². The maximum atomic E-state index is 14.0. The van der Waals surface area contributed by atoms with Crippen LogP contribution in [0.1, 0.15) is 45.1 Å². The Bertz CT molecular complexity index is 508. The molecule has 0 spiro atoms. The van der Waals surface area contributed by atoms with Gasteiger partial charge in [0.2, 0.25) is 0 Å². The first-order chi connectivity index (χ1) is 10.0. The van der Waals surface area contributed by atoms with E-state index in [9.17, 15) is 9.18 Å². The van der Waals surface area contributed by atoms with Gasteiger partial charge in [-0.3, -0.25) is 9.69 Å². The van der Waals surface area contributed by atoms with Crippen LogP contribution >= 0.6 is 11.6 Å². The molecule has 0 N–H and O–H groups in total. The zero-order valence-corrected chi connectivity index (χ0v) is 13.5. The van der Waals surface area contributed by atoms with Gasteiger partial charge in [-0.25, -0.2) is 4.39 Å². The standard InChI is InChI=1S/C17H23ClFNO/c1-3-20(4-2)17(10-5-6-11-17)15(21)12-13-8-7-9-14(18)16(13)19/h7-9H,3-6,10-12H2,1-2H3. The van der Waals surface area contributed by atoms with Crippen LogP contribution < -0.4 is 0 Å². The Hall–Kier alpha value is -0.930. The zero-order valence-electron chi connectivity index (χ0n) is 12.8. The highest BCUT2D eigenvalue weighted by atomic mass is 35.5. The lowest BCUT2D eigenvalue weighted by Gasteiger charge is -2.39. The summed E-state index contributed by atoms with van der Waals surface area (Å²) in [5.41, 5.74) is 0.00376. The molecule has 1 aliphatic rings. The van der Waals surface area contributed by atoms with Crippen molar-refractivity contribution in [1.82, 2.24) is 4.90 Å². The van der Waals surface area contributed by atoms with E-state index < -0.39 is 11.4 Å². The normalized spacial score (nSPS) is 17.4. The van der Waals surface area contributed by atoms with Gasteiger partial charge in [0.1, 0.15) is 5.82 Å². The van der Waals surface area contributed by atoms with Crippen molar-refractivity contribution in [2.45, 2.75) is 51.5 Å². The number of halogens is 2. The fourth-order valence-electron chi connectivity index (χ4n) is 3.58. The monoisotopic (exact) mass is 311 g/mol. The van der Waals surface area contributed by atoms with E-state index in [1.807, 2.05) is 0 Å². The number of nitrogens with zero attached hydrogens (tertiary/aromatic N) is 1. The van der Waals surface area contributed by atoms with Gasteiger partial charge in [-0.15, -0.1) is 0 Å². The highest BCUT2D eigenvalue weighted by Crippen LogP contribution is 2.37. The smallest absolute Gasteiger partial charge is 0.157 e. The maximum absolute atomic E-state index is 14.0. The summed E-state index contributed by atoms with van der Waals surface area (Å²) < 4.78 is 14.0. The molecule has 0 saturated heterocycles. The summed E-state index contributed by atoms with van der Waals surface area (Å²) in [5, 5.41) is 0.0867. The molecule has 0 amide bonds. The van der Waals surface area contributed by atoms with Crippen LogP contribution in [0.4, 0.5) is 4.39 Å². The van der Waals surface area contributed by atoms with E-state index in [1.54, 1.807) is 12.1 Å². The highest BCUT2D eigenvalue weighted by Gasteiger charge is 2.44. The van der Waals surface area contributed by atoms with E-state index in [0.717, 1.165) is 38.8 Å². The molecule has 1 fully saturated rings. The molecule has 0 bridgehead atoms. The molecule has 0 heterocycles. The molecule has 21 heavy (non-hydrogen) atoms. The van der Waals surface area contributed by atoms with E-state index in [-0.39, 0.29) is 17.2 Å². The number of likely N-dealkylation sites (N-methyl/N-ethyl adjacent to an activating group) is 1. The summed E-state index contributed by atoms with van der Waals surface area (Å²) in [4.78, 5) is 15.1. The predicted molar refractivity (Wildman–Crippen MR) is 84.2 cm³/mol. The van der Waals surface area contributed by atoms with Gasteiger partial charge >= 0.3 is 0 Å². The maximum Gasteiger partial charge on any atom is 0.157 e. The third kappa shape index (κ3) is 3.14. The number of hydrogen-bond acceptors (Lipinski definition) is 2. The second-order valence-corrected chi connectivity index (χ2v) is 6.13. The van der Waals surface area contributed by atoms with Crippen LogP contribution in [0.25, 0.3) is 0 Å². The SMILES string of the molecule is CCN(CC)C1(C(=O)Cc2cccc(Cl)c2F)CCCC1. The molecule has 1 saturated carbocycles. The number of hydrogen-bond donors (Lipinski definition) is 0. The van der Waals surface area contributed by atoms with Crippen LogP contribution in [-0.4, -0.2) is 29.3 Å². The molecular weight excluding hydrogens is 289 g/mol. The van der Waals surface area contributed by atoms with Gasteiger partial charge in [0, 0.05) is 6.42 Å². The second kappa shape index (κ2) is 6.89. The molecule has 0 radical (unpaired) electrons. The van der Waals surface area contributed by atoms with Gasteiger partial charge in [-0.2, -0.15) is 0 Å². The van der Waals surface area contributed by atoms with Gasteiger partial charge in [0.25, 0.3) is 0 Å². The number of rotatable bonds is 6. The van der Waals surface area contributed by atoms with E-state index in [1.165, 1.54) is 6.07 Å². The van der Waals surface area contributed by atoms with Gasteiger partial charge in [0.05, 0.1) is 10.6 Å². The number of benzene rings is 1. The van der Waals surface area contributed by atoms with Crippen molar-refractivity contribution >= 4 is 17.4 Å². The minimum Gasteiger partial charge on any atom is -0.297 e. The molecule has 116 valence electrons. The zero-order chi connectivity index (χ0) is 15.5. The summed E-state index contributed by atoms with van der Waals surface area (Å²) in [6.45, 7) is 5.86. The Morgan fingerprint density at radius 2 is 1.90 bits per heavy atom. The predicted octanol–water partition coefficient (Wildman–Crippen LogP) is 4.25. The topological polar surface area (TPSA) is 20.3 Å². The lowest BCUT2D eigenvalue weighted by atomic mass is 9.86. The Morgan fingerprint density at radius 3 is 2.48 bits per heavy atom. The fourth-order valence-corrected chi connectivity index (χ4v) is 3.78. The number of carbonyl (C=O) groups excluding carboxylic acids is 1. The first kappa shape index (κ1) is 16.4. The lowest BCUT2D eigenvalue weighted by Crippen LogP contribution is -2.53. The van der Waals surface area contributed by atoms with Gasteiger partial charge < -0.3 is 0 Å². The molecule has 2 nitrogen and oxygen atoms in total. The van der Waals surface area contributed by atoms with E-state index in [4.69, 9.17) is 11.6 Å². The van der Waals surface area contributed by atoms with Crippen molar-refractivity contribution in [1.29, 1.82) is 0 Å². The first-order valence-electron chi connectivity index (χ1n) is 7.76. The van der Waals surface area contributed by atoms with Crippen LogP contribution in [0.2, 0.25) is 5.02 Å². The fraction of sp³-hybridized carbons (Fsp3) is 0.588. The van der Waals surface area contributed by atoms with Crippen LogP contribution in [0, 0.1) is 5.82 Å². The first-order valence-corrected chi connectivity index (χ1v) is 8.14. The average Bonchev–Trinajstić information content (AvgIpc) is 2.96. The van der Waals surface area contributed by atoms with Crippen LogP contribution in [0.5, 0.6) is 0 Å². The molecule has 0 atom stereocenters. The average molecular weight is 312 g/mol. The van der Waals surface area contributed by atoms with Gasteiger partial charge in [0.15, 0.2) is 5.78 Å². The number of carbonyl (C=O) groups is 1. The Balaban J connectivity index is 2.25. The molecule has 1 aromatic rings. The quantitative estimate of drug-likeness (QED) is 0.783. The van der Waals surface area contributed by atoms with Crippen molar-refractivity contribution < 1.29 is 9.18 Å². The van der Waals surface area contributed by atoms with Crippen molar-refractivity contribution in [3.05, 3.63) is 34.6 Å². The minimum atomic E-state index is -0.458. The van der Waals surface area contributed by atoms with E-state index in [2.05, 4.69) is 18.7 Å². The Labute approximate surface area is 131 Å². The van der Waals surface area contributed by atoms with E-state index in [0.29, 0.717) is 5.56 Å². The summed E-state index contributed by atoms with van der Waals surface area (Å²) >= 11 is 5.81. The summed E-state index contributed by atoms with van der Waals surface area (Å²) in [5.74, 6) is -0.329. The third-order valence-electron chi connectivity index (χ3n) is 4.70. The molecule has 0 aliphatic heterocycles. The molecule has 0 unspecified atom stereocenters. The van der Waals surface area contributed by atoms with E-state index >= 15 is 0 Å². The largest absolute Gasteiger partial charge is 0.297 e. The Kier molecular flexibility index (Phi) is 5.39. The molecule has 4 heteroatoms. The highest BCUT2D eigenvalue weighted by molar-refractivity contribution is 6.30. The molecule has 0 aromatic heterocycles. The molecular formula is C17H23ClFNO. The van der Waals surface area contributed by atoms with Crippen molar-refractivity contribution in [2.24, 2.45) is 0 Å². The summed E-state index contributed by atoms with van der Waals surface area (Å²) in [7, 11) is 0. The van der Waals surface area contributed by atoms with Crippen molar-refractivity contribution in [3.8, 4) is 0 Å². The molecule has 2 rings (SSSR count). The lowest BCUT2D eigenvalue weighted by molar-refractivity contribution is -0.130. The third-order valence-corrected chi connectivity index (χ3v) is 4.99. The Morgan fingerprint density at radius 1 is 1.29 bits per heavy atom. The number of Topliss-reactive ketones (excluding diaryl/α,β-unsaturated/α-hetero) is 1. The van der Waals surface area contributed by atoms with Gasteiger partial charge in [-0.1, -0.05) is 50.4 Å². The minimum absolute atomic E-state index is 0.0867. The molecule has 1 aromatic carbocycles. The van der Waals surface area contributed by atoms with Crippen LogP contribution in [0.15, 0.2) is 18.2 Å². The molecule has 1 aliphatic carbocycles. The van der Waals surface area contributed by atoms with Crippen LogP contribution in [-0.2, 0) is 11.2 Å². The van der Waals surface area contributed by atoms with Crippen LogP contribution in [0.3, 0.4) is 0 Å². The summed E-state index contributed by atoms with van der Waals surface area (Å²) in [6.07, 6.45) is 4.04. The van der Waals surface area contributed by atoms with Gasteiger partial charge in [-0.05, 0) is 37.6 Å². The summed E-state index contributed by atoms with van der Waals surface area (Å²) in [6, 6.07) is 4.87. The number of ketones is 1.